The Balaban J connectivity index is 0.000000395. The molecule has 0 atom stereocenters. The fourth-order valence-corrected chi connectivity index (χ4v) is 4.49. The van der Waals surface area contributed by atoms with Crippen LogP contribution in [-0.2, 0) is 38.3 Å². The number of para-hydroxylation sites is 2. The zero-order valence-electron chi connectivity index (χ0n) is 24.5. The van der Waals surface area contributed by atoms with Gasteiger partial charge < -0.3 is 9.47 Å². The van der Waals surface area contributed by atoms with E-state index in [9.17, 15) is 9.59 Å². The van der Waals surface area contributed by atoms with Crippen LogP contribution in [0.2, 0.25) is 0 Å². The summed E-state index contributed by atoms with van der Waals surface area (Å²) >= 11 is 11.5. The van der Waals surface area contributed by atoms with E-state index in [0.717, 1.165) is 65.7 Å². The molecular weight excluding hydrogens is 535 g/mol. The number of hydrogen-bond acceptors (Lipinski definition) is 4. The van der Waals surface area contributed by atoms with Gasteiger partial charge in [0.15, 0.2) is 0 Å². The molecule has 0 N–H and O–H groups in total. The maximum atomic E-state index is 12.2. The van der Waals surface area contributed by atoms with Crippen LogP contribution in [-0.4, -0.2) is 50.2 Å². The van der Waals surface area contributed by atoms with E-state index in [0.29, 0.717) is 13.2 Å². The molecular formula is C31H46Cl2N2O4. The van der Waals surface area contributed by atoms with Gasteiger partial charge in [0.2, 0.25) is 11.8 Å². The summed E-state index contributed by atoms with van der Waals surface area (Å²) in [5, 5.41) is 0. The molecule has 218 valence electrons. The molecule has 0 saturated heterocycles. The van der Waals surface area contributed by atoms with Crippen molar-refractivity contribution in [1.29, 1.82) is 0 Å². The Labute approximate surface area is 245 Å². The highest BCUT2D eigenvalue weighted by molar-refractivity contribution is 6.29. The molecule has 0 aliphatic carbocycles. The second kappa shape index (κ2) is 19.9. The maximum absolute atomic E-state index is 12.2. The summed E-state index contributed by atoms with van der Waals surface area (Å²) in [5.41, 5.74) is 6.42. The second-order valence-corrected chi connectivity index (χ2v) is 9.53. The normalized spacial score (nSPS) is 10.6. The fourth-order valence-electron chi connectivity index (χ4n) is 4.20. The van der Waals surface area contributed by atoms with Crippen molar-refractivity contribution >= 4 is 46.4 Å². The minimum atomic E-state index is -0.130. The number of alkyl halides is 2. The minimum Gasteiger partial charge on any atom is -0.361 e. The number of rotatable bonds is 15. The molecule has 2 aromatic rings. The van der Waals surface area contributed by atoms with Gasteiger partial charge in [-0.3, -0.25) is 19.4 Å². The zero-order chi connectivity index (χ0) is 29.2. The van der Waals surface area contributed by atoms with Crippen LogP contribution in [0.25, 0.3) is 0 Å². The standard InChI is InChI=1S/C17H26ClNO2.C14H20ClNO2/c1-4-7-11-21-13-19(16(20)12-18)17-14(5-2)9-8-10-15(17)6-3;1-4-12-8-6-7-11(3)14(12)16(10-18-5-2)13(17)9-15/h8-10H,4-7,11-13H2,1-3H3;6-8H,4-5,9-10H2,1-3H3. The first-order valence-electron chi connectivity index (χ1n) is 13.9. The van der Waals surface area contributed by atoms with E-state index in [-0.39, 0.29) is 37.0 Å². The van der Waals surface area contributed by atoms with E-state index >= 15 is 0 Å². The third-order valence-electron chi connectivity index (χ3n) is 6.32. The van der Waals surface area contributed by atoms with Gasteiger partial charge in [-0.05, 0) is 61.8 Å². The third-order valence-corrected chi connectivity index (χ3v) is 6.78. The van der Waals surface area contributed by atoms with Crippen molar-refractivity contribution in [3.05, 3.63) is 58.7 Å². The summed E-state index contributed by atoms with van der Waals surface area (Å²) in [6, 6.07) is 12.2. The molecule has 0 fully saturated rings. The van der Waals surface area contributed by atoms with Crippen LogP contribution in [0.3, 0.4) is 0 Å². The van der Waals surface area contributed by atoms with Crippen molar-refractivity contribution in [2.24, 2.45) is 0 Å². The molecule has 0 spiro atoms. The molecule has 8 heteroatoms. The van der Waals surface area contributed by atoms with Crippen LogP contribution < -0.4 is 9.80 Å². The van der Waals surface area contributed by atoms with Gasteiger partial charge in [-0.15, -0.1) is 23.2 Å². The number of benzene rings is 2. The number of carbonyl (C=O) groups is 2. The Morgan fingerprint density at radius 3 is 1.64 bits per heavy atom. The quantitative estimate of drug-likeness (QED) is 0.126. The summed E-state index contributed by atoms with van der Waals surface area (Å²) < 4.78 is 11.0. The van der Waals surface area contributed by atoms with E-state index < -0.39 is 0 Å². The van der Waals surface area contributed by atoms with E-state index in [1.807, 2.05) is 38.1 Å². The molecule has 0 radical (unpaired) electrons. The fraction of sp³-hybridized carbons (Fsp3) is 0.548. The molecule has 0 aliphatic rings. The van der Waals surface area contributed by atoms with Gasteiger partial charge >= 0.3 is 0 Å². The largest absolute Gasteiger partial charge is 0.361 e. The van der Waals surface area contributed by atoms with Crippen molar-refractivity contribution in [2.75, 3.05) is 48.2 Å². The number of halogens is 2. The predicted octanol–water partition coefficient (Wildman–Crippen LogP) is 7.28. The zero-order valence-corrected chi connectivity index (χ0v) is 26.0. The van der Waals surface area contributed by atoms with Crippen molar-refractivity contribution < 1.29 is 19.1 Å². The maximum Gasteiger partial charge on any atom is 0.243 e. The Bertz CT molecular complexity index is 994. The Hall–Kier alpha value is -2.12. The van der Waals surface area contributed by atoms with Gasteiger partial charge in [-0.1, -0.05) is 70.5 Å². The average Bonchev–Trinajstić information content (AvgIpc) is 2.97. The van der Waals surface area contributed by atoms with Crippen LogP contribution >= 0.6 is 23.2 Å². The number of unbranched alkanes of at least 4 members (excludes halogenated alkanes) is 1. The highest BCUT2D eigenvalue weighted by Gasteiger charge is 2.21. The van der Waals surface area contributed by atoms with E-state index in [1.54, 1.807) is 9.80 Å². The third kappa shape index (κ3) is 10.8. The lowest BCUT2D eigenvalue weighted by atomic mass is 10.0. The van der Waals surface area contributed by atoms with Crippen LogP contribution in [0, 0.1) is 6.92 Å². The Morgan fingerprint density at radius 2 is 1.18 bits per heavy atom. The summed E-state index contributed by atoms with van der Waals surface area (Å²) in [6.45, 7) is 14.0. The highest BCUT2D eigenvalue weighted by atomic mass is 35.5. The van der Waals surface area contributed by atoms with Gasteiger partial charge in [0, 0.05) is 13.2 Å². The number of hydrogen-bond donors (Lipinski definition) is 0. The van der Waals surface area contributed by atoms with Crippen molar-refractivity contribution in [1.82, 2.24) is 0 Å². The summed E-state index contributed by atoms with van der Waals surface area (Å²) in [4.78, 5) is 27.5. The van der Waals surface area contributed by atoms with Crippen LogP contribution in [0.1, 0.15) is 69.7 Å². The first-order valence-corrected chi connectivity index (χ1v) is 15.0. The van der Waals surface area contributed by atoms with Crippen molar-refractivity contribution in [3.63, 3.8) is 0 Å². The molecule has 0 heterocycles. The van der Waals surface area contributed by atoms with Crippen LogP contribution in [0.4, 0.5) is 11.4 Å². The summed E-state index contributed by atoms with van der Waals surface area (Å²) in [7, 11) is 0. The number of amides is 2. The van der Waals surface area contributed by atoms with Gasteiger partial charge in [0.25, 0.3) is 0 Å². The molecule has 2 amide bonds. The molecule has 0 unspecified atom stereocenters. The van der Waals surface area contributed by atoms with E-state index in [4.69, 9.17) is 32.7 Å². The molecule has 6 nitrogen and oxygen atoms in total. The number of carbonyl (C=O) groups excluding carboxylic acids is 2. The lowest BCUT2D eigenvalue weighted by Crippen LogP contribution is -2.35. The SMILES string of the molecule is CCCCOCN(C(=O)CCl)c1c(CC)cccc1CC.CCOCN(C(=O)CCl)c1c(C)cccc1CC. The summed E-state index contributed by atoms with van der Waals surface area (Å²) in [6.07, 6.45) is 4.71. The van der Waals surface area contributed by atoms with Crippen LogP contribution in [0.15, 0.2) is 36.4 Å². The van der Waals surface area contributed by atoms with Gasteiger partial charge in [-0.25, -0.2) is 0 Å². The highest BCUT2D eigenvalue weighted by Crippen LogP contribution is 2.28. The number of anilines is 2. The van der Waals surface area contributed by atoms with Gasteiger partial charge in [0.05, 0.1) is 11.4 Å². The molecule has 0 aliphatic heterocycles. The number of ether oxygens (including phenoxy) is 2. The second-order valence-electron chi connectivity index (χ2n) is 8.99. The minimum absolute atomic E-state index is 0.0294. The van der Waals surface area contributed by atoms with Gasteiger partial charge in [-0.2, -0.15) is 0 Å². The molecule has 39 heavy (non-hydrogen) atoms. The van der Waals surface area contributed by atoms with E-state index in [1.165, 1.54) is 0 Å². The lowest BCUT2D eigenvalue weighted by molar-refractivity contribution is -0.118. The summed E-state index contributed by atoms with van der Waals surface area (Å²) in [5.74, 6) is -0.305. The smallest absolute Gasteiger partial charge is 0.243 e. The van der Waals surface area contributed by atoms with Gasteiger partial charge in [0.1, 0.15) is 25.2 Å². The van der Waals surface area contributed by atoms with Crippen molar-refractivity contribution in [2.45, 2.75) is 73.6 Å². The number of nitrogens with zero attached hydrogens (tertiary/aromatic N) is 2. The lowest BCUT2D eigenvalue weighted by Gasteiger charge is -2.26. The average molecular weight is 582 g/mol. The van der Waals surface area contributed by atoms with Crippen LogP contribution in [0.5, 0.6) is 0 Å². The number of aryl methyl sites for hydroxylation is 4. The van der Waals surface area contributed by atoms with Crippen molar-refractivity contribution in [3.8, 4) is 0 Å². The first kappa shape index (κ1) is 34.9. The predicted molar refractivity (Wildman–Crippen MR) is 164 cm³/mol. The first-order chi connectivity index (χ1) is 18.8. The molecule has 0 saturated carbocycles. The molecule has 2 rings (SSSR count). The molecule has 2 aromatic carbocycles. The topological polar surface area (TPSA) is 59.1 Å². The Kier molecular flexibility index (Phi) is 17.8. The molecule has 0 aromatic heterocycles. The van der Waals surface area contributed by atoms with E-state index in [2.05, 4.69) is 39.8 Å². The Morgan fingerprint density at radius 1 is 0.718 bits per heavy atom. The molecule has 0 bridgehead atoms. The monoisotopic (exact) mass is 580 g/mol.